The summed E-state index contributed by atoms with van der Waals surface area (Å²) in [5, 5.41) is 26.6. The van der Waals surface area contributed by atoms with E-state index in [0.717, 1.165) is 18.2 Å². The van der Waals surface area contributed by atoms with Crippen molar-refractivity contribution in [3.05, 3.63) is 41.5 Å². The van der Waals surface area contributed by atoms with Crippen molar-refractivity contribution in [2.45, 2.75) is 36.1 Å². The summed E-state index contributed by atoms with van der Waals surface area (Å²) in [7, 11) is -4.42. The van der Waals surface area contributed by atoms with Gasteiger partial charge < -0.3 is 24.8 Å². The number of anilines is 1. The van der Waals surface area contributed by atoms with Crippen LogP contribution in [0.1, 0.15) is 12.8 Å². The standard InChI is InChI=1S/C17H19F2NO8S/c18-9-1-2-12(11(19)5-9)20-29(25,26)15-3-4-17(6-10(15)16(23)24)27-13(7-21)14(8-22)28-17/h1-2,5-6,13-15,20-22H,3-4,7-8H2,(H,23,24)/t13-,14-,15?/m0/s1. The van der Waals surface area contributed by atoms with Crippen LogP contribution in [0.15, 0.2) is 29.8 Å². The maximum atomic E-state index is 13.8. The van der Waals surface area contributed by atoms with Crippen LogP contribution in [0.25, 0.3) is 0 Å². The Bertz CT molecular complexity index is 923. The van der Waals surface area contributed by atoms with Crippen molar-refractivity contribution in [1.82, 2.24) is 0 Å². The molecule has 0 saturated carbocycles. The van der Waals surface area contributed by atoms with E-state index in [-0.39, 0.29) is 12.8 Å². The van der Waals surface area contributed by atoms with Crippen molar-refractivity contribution < 1.29 is 46.8 Å². The first-order valence-electron chi connectivity index (χ1n) is 8.61. The van der Waals surface area contributed by atoms with Gasteiger partial charge in [-0.3, -0.25) is 4.72 Å². The summed E-state index contributed by atoms with van der Waals surface area (Å²) in [6, 6.07) is 2.23. The van der Waals surface area contributed by atoms with Gasteiger partial charge in [0, 0.05) is 12.5 Å². The van der Waals surface area contributed by atoms with E-state index in [1.807, 2.05) is 4.72 Å². The number of sulfonamides is 1. The predicted molar refractivity (Wildman–Crippen MR) is 94.3 cm³/mol. The minimum absolute atomic E-state index is 0.0890. The molecule has 1 saturated heterocycles. The number of aliphatic hydroxyl groups is 2. The maximum absolute atomic E-state index is 13.8. The number of benzene rings is 1. The summed E-state index contributed by atoms with van der Waals surface area (Å²) in [6.45, 7) is -0.979. The fourth-order valence-electron chi connectivity index (χ4n) is 3.40. The number of nitrogens with one attached hydrogen (secondary N) is 1. The first kappa shape index (κ1) is 21.6. The third kappa shape index (κ3) is 4.26. The van der Waals surface area contributed by atoms with Gasteiger partial charge in [-0.05, 0) is 24.6 Å². The SMILES string of the molecule is O=C(O)C1=CC2(CCC1S(=O)(=O)Nc1ccc(F)cc1F)O[C@@H](CO)[C@H](CO)O2. The largest absolute Gasteiger partial charge is 0.478 e. The Kier molecular flexibility index (Phi) is 5.92. The highest BCUT2D eigenvalue weighted by Gasteiger charge is 2.51. The summed E-state index contributed by atoms with van der Waals surface area (Å²) in [6.07, 6.45) is -1.18. The molecular weight excluding hydrogens is 416 g/mol. The Morgan fingerprint density at radius 2 is 1.83 bits per heavy atom. The summed E-state index contributed by atoms with van der Waals surface area (Å²) < 4.78 is 65.3. The molecule has 1 spiro atoms. The van der Waals surface area contributed by atoms with E-state index in [4.69, 9.17) is 9.47 Å². The van der Waals surface area contributed by atoms with Crippen molar-refractivity contribution in [3.63, 3.8) is 0 Å². The lowest BCUT2D eigenvalue weighted by Crippen LogP contribution is -2.42. The molecule has 1 aromatic rings. The van der Waals surface area contributed by atoms with Gasteiger partial charge in [0.15, 0.2) is 5.79 Å². The lowest BCUT2D eigenvalue weighted by Gasteiger charge is -2.33. The quantitative estimate of drug-likeness (QED) is 0.501. The molecule has 0 bridgehead atoms. The number of halogens is 2. The van der Waals surface area contributed by atoms with Crippen molar-refractivity contribution in [1.29, 1.82) is 0 Å². The molecule has 160 valence electrons. The molecule has 0 radical (unpaired) electrons. The molecule has 12 heteroatoms. The van der Waals surface area contributed by atoms with E-state index in [9.17, 15) is 37.3 Å². The van der Waals surface area contributed by atoms with E-state index in [1.165, 1.54) is 0 Å². The predicted octanol–water partition coefficient (Wildman–Crippen LogP) is 0.345. The van der Waals surface area contributed by atoms with Gasteiger partial charge in [0.05, 0.1) is 24.5 Å². The Labute approximate surface area is 164 Å². The molecule has 1 heterocycles. The molecule has 0 aromatic heterocycles. The van der Waals surface area contributed by atoms with Crippen LogP contribution in [0.4, 0.5) is 14.5 Å². The average Bonchev–Trinajstić information content (AvgIpc) is 3.01. The van der Waals surface area contributed by atoms with Crippen LogP contribution in [0.5, 0.6) is 0 Å². The zero-order chi connectivity index (χ0) is 21.4. The molecule has 3 rings (SSSR count). The third-order valence-corrected chi connectivity index (χ3v) is 6.50. The molecule has 9 nitrogen and oxygen atoms in total. The fraction of sp³-hybridized carbons (Fsp3) is 0.471. The summed E-state index contributed by atoms with van der Waals surface area (Å²) >= 11 is 0. The Morgan fingerprint density at radius 3 is 2.34 bits per heavy atom. The molecule has 2 aliphatic rings. The summed E-state index contributed by atoms with van der Waals surface area (Å²) in [5.74, 6) is -5.22. The van der Waals surface area contributed by atoms with Crippen LogP contribution in [-0.4, -0.2) is 66.2 Å². The molecule has 29 heavy (non-hydrogen) atoms. The highest BCUT2D eigenvalue weighted by molar-refractivity contribution is 7.93. The van der Waals surface area contributed by atoms with E-state index < -0.39 is 75.3 Å². The average molecular weight is 435 g/mol. The molecule has 1 unspecified atom stereocenters. The lowest BCUT2D eigenvalue weighted by atomic mass is 9.94. The number of carbonyl (C=O) groups is 1. The molecule has 0 amide bonds. The van der Waals surface area contributed by atoms with Gasteiger partial charge in [-0.15, -0.1) is 0 Å². The molecule has 1 fully saturated rings. The molecule has 4 N–H and O–H groups in total. The fourth-order valence-corrected chi connectivity index (χ4v) is 4.94. The number of carboxylic acids is 1. The van der Waals surface area contributed by atoms with Gasteiger partial charge in [0.1, 0.15) is 29.1 Å². The van der Waals surface area contributed by atoms with Gasteiger partial charge in [-0.25, -0.2) is 22.0 Å². The molecule has 1 aromatic carbocycles. The van der Waals surface area contributed by atoms with Crippen molar-refractivity contribution >= 4 is 21.7 Å². The monoisotopic (exact) mass is 435 g/mol. The highest BCUT2D eigenvalue weighted by atomic mass is 32.2. The molecular formula is C17H19F2NO8S. The number of aliphatic hydroxyl groups excluding tert-OH is 2. The smallest absolute Gasteiger partial charge is 0.332 e. The van der Waals surface area contributed by atoms with Crippen LogP contribution in [0, 0.1) is 11.6 Å². The van der Waals surface area contributed by atoms with Crippen LogP contribution >= 0.6 is 0 Å². The number of carboxylic acid groups (broad SMARTS) is 1. The second-order valence-corrected chi connectivity index (χ2v) is 8.56. The normalized spacial score (nSPS) is 26.3. The van der Waals surface area contributed by atoms with Gasteiger partial charge >= 0.3 is 5.97 Å². The van der Waals surface area contributed by atoms with Gasteiger partial charge in [0.25, 0.3) is 0 Å². The number of rotatable bonds is 6. The van der Waals surface area contributed by atoms with Crippen molar-refractivity contribution in [3.8, 4) is 0 Å². The topological polar surface area (TPSA) is 142 Å². The zero-order valence-electron chi connectivity index (χ0n) is 14.9. The third-order valence-electron chi connectivity index (χ3n) is 4.76. The minimum Gasteiger partial charge on any atom is -0.478 e. The number of aliphatic carboxylic acids is 1. The second-order valence-electron chi connectivity index (χ2n) is 6.69. The van der Waals surface area contributed by atoms with E-state index >= 15 is 0 Å². The van der Waals surface area contributed by atoms with Crippen molar-refractivity contribution in [2.75, 3.05) is 17.9 Å². The van der Waals surface area contributed by atoms with Crippen LogP contribution in [0.3, 0.4) is 0 Å². The molecule has 1 aliphatic carbocycles. The second kappa shape index (κ2) is 7.95. The van der Waals surface area contributed by atoms with Crippen molar-refractivity contribution in [2.24, 2.45) is 0 Å². The van der Waals surface area contributed by atoms with Gasteiger partial charge in [0.2, 0.25) is 10.0 Å². The molecule has 1 aliphatic heterocycles. The lowest BCUT2D eigenvalue weighted by molar-refractivity contribution is -0.153. The summed E-state index contributed by atoms with van der Waals surface area (Å²) in [4.78, 5) is 11.7. The van der Waals surface area contributed by atoms with Gasteiger partial charge in [-0.1, -0.05) is 0 Å². The van der Waals surface area contributed by atoms with Crippen LogP contribution in [-0.2, 0) is 24.3 Å². The number of hydrogen-bond donors (Lipinski definition) is 4. The van der Waals surface area contributed by atoms with E-state index in [0.29, 0.717) is 6.07 Å². The highest BCUT2D eigenvalue weighted by Crippen LogP contribution is 2.41. The first-order chi connectivity index (χ1) is 13.6. The Morgan fingerprint density at radius 1 is 1.21 bits per heavy atom. The Hall–Kier alpha value is -2.12. The number of hydrogen-bond acceptors (Lipinski definition) is 7. The van der Waals surface area contributed by atoms with E-state index in [1.54, 1.807) is 0 Å². The van der Waals surface area contributed by atoms with E-state index in [2.05, 4.69) is 0 Å². The van der Waals surface area contributed by atoms with Crippen LogP contribution in [0.2, 0.25) is 0 Å². The van der Waals surface area contributed by atoms with Crippen LogP contribution < -0.4 is 4.72 Å². The molecule has 3 atom stereocenters. The first-order valence-corrected chi connectivity index (χ1v) is 10.2. The van der Waals surface area contributed by atoms with Gasteiger partial charge in [-0.2, -0.15) is 0 Å². The number of ether oxygens (including phenoxy) is 2. The Balaban J connectivity index is 1.91. The maximum Gasteiger partial charge on any atom is 0.332 e. The minimum atomic E-state index is -4.42. The zero-order valence-corrected chi connectivity index (χ0v) is 15.7. The summed E-state index contributed by atoms with van der Waals surface area (Å²) in [5.41, 5.74) is -1.09.